The van der Waals surface area contributed by atoms with Crippen molar-refractivity contribution in [3.8, 4) is 0 Å². The lowest BCUT2D eigenvalue weighted by molar-refractivity contribution is -0.141. The van der Waals surface area contributed by atoms with Gasteiger partial charge in [-0.15, -0.1) is 0 Å². The number of benzene rings is 1. The number of aliphatic carboxylic acids is 1. The molecule has 3 atom stereocenters. The molecule has 2 rings (SSSR count). The minimum atomic E-state index is -0.776. The van der Waals surface area contributed by atoms with Crippen LogP contribution in [0, 0.1) is 5.92 Å². The molecule has 0 heterocycles. The summed E-state index contributed by atoms with van der Waals surface area (Å²) in [6, 6.07) is 7.34. The molecule has 1 saturated carbocycles. The number of carbonyl (C=O) groups is 2. The minimum absolute atomic E-state index is 0.0548. The van der Waals surface area contributed by atoms with Crippen molar-refractivity contribution < 1.29 is 14.7 Å². The number of rotatable bonds is 4. The first-order valence-electron chi connectivity index (χ1n) is 7.01. The van der Waals surface area contributed by atoms with Gasteiger partial charge in [-0.05, 0) is 43.9 Å². The topological polar surface area (TPSA) is 78.4 Å². The fraction of sp³-hybridized carbons (Fsp3) is 0.467. The Morgan fingerprint density at radius 3 is 2.76 bits per heavy atom. The van der Waals surface area contributed by atoms with E-state index in [1.54, 1.807) is 0 Å². The Morgan fingerprint density at radius 2 is 2.14 bits per heavy atom. The second-order valence-electron chi connectivity index (χ2n) is 5.44. The van der Waals surface area contributed by atoms with Crippen LogP contribution in [0.4, 0.5) is 4.79 Å². The summed E-state index contributed by atoms with van der Waals surface area (Å²) in [7, 11) is 0. The van der Waals surface area contributed by atoms with E-state index in [1.807, 2.05) is 31.2 Å². The maximum Gasteiger partial charge on any atom is 0.315 e. The van der Waals surface area contributed by atoms with Crippen molar-refractivity contribution in [2.24, 2.45) is 5.92 Å². The van der Waals surface area contributed by atoms with Gasteiger partial charge in [0, 0.05) is 10.5 Å². The van der Waals surface area contributed by atoms with Crippen molar-refractivity contribution >= 4 is 27.9 Å². The molecule has 0 saturated heterocycles. The lowest BCUT2D eigenvalue weighted by Crippen LogP contribution is -2.42. The molecule has 2 amide bonds. The number of carboxylic acid groups (broad SMARTS) is 1. The van der Waals surface area contributed by atoms with Crippen molar-refractivity contribution in [3.05, 3.63) is 34.3 Å². The molecule has 0 radical (unpaired) electrons. The highest BCUT2D eigenvalue weighted by atomic mass is 79.9. The van der Waals surface area contributed by atoms with Crippen LogP contribution in [-0.2, 0) is 4.79 Å². The number of urea groups is 1. The van der Waals surface area contributed by atoms with Crippen LogP contribution in [0.25, 0.3) is 0 Å². The molecule has 1 aliphatic carbocycles. The van der Waals surface area contributed by atoms with Gasteiger partial charge in [0.2, 0.25) is 0 Å². The zero-order chi connectivity index (χ0) is 15.4. The molecular formula is C15H19BrN2O3. The van der Waals surface area contributed by atoms with Gasteiger partial charge >= 0.3 is 12.0 Å². The van der Waals surface area contributed by atoms with E-state index in [4.69, 9.17) is 5.11 Å². The number of carboxylic acids is 1. The summed E-state index contributed by atoms with van der Waals surface area (Å²) in [4.78, 5) is 22.9. The molecule has 0 aromatic heterocycles. The van der Waals surface area contributed by atoms with Crippen molar-refractivity contribution in [2.75, 3.05) is 0 Å². The first kappa shape index (κ1) is 15.8. The Hall–Kier alpha value is -1.56. The van der Waals surface area contributed by atoms with Crippen molar-refractivity contribution in [2.45, 2.75) is 38.3 Å². The molecule has 1 aromatic carbocycles. The lowest BCUT2D eigenvalue weighted by Gasteiger charge is -2.18. The Bertz CT molecular complexity index is 535. The van der Waals surface area contributed by atoms with E-state index >= 15 is 0 Å². The summed E-state index contributed by atoms with van der Waals surface area (Å²) < 4.78 is 0.967. The van der Waals surface area contributed by atoms with E-state index in [-0.39, 0.29) is 24.0 Å². The SMILES string of the molecule is CC(NC(=O)NC1CCC(C(=O)O)C1)c1cccc(Br)c1. The summed E-state index contributed by atoms with van der Waals surface area (Å²) in [5, 5.41) is 14.7. The fourth-order valence-corrected chi connectivity index (χ4v) is 3.04. The summed E-state index contributed by atoms with van der Waals surface area (Å²) in [5.74, 6) is -1.11. The van der Waals surface area contributed by atoms with Gasteiger partial charge in [0.1, 0.15) is 0 Å². The Labute approximate surface area is 132 Å². The number of hydrogen-bond acceptors (Lipinski definition) is 2. The molecule has 0 bridgehead atoms. The van der Waals surface area contributed by atoms with Crippen LogP contribution >= 0.6 is 15.9 Å². The minimum Gasteiger partial charge on any atom is -0.481 e. The first-order chi connectivity index (χ1) is 9.95. The number of amides is 2. The summed E-state index contributed by atoms with van der Waals surface area (Å²) in [6.07, 6.45) is 1.85. The van der Waals surface area contributed by atoms with Crippen LogP contribution in [0.1, 0.15) is 37.8 Å². The number of carbonyl (C=O) groups excluding carboxylic acids is 1. The van der Waals surface area contributed by atoms with Gasteiger partial charge in [-0.3, -0.25) is 4.79 Å². The van der Waals surface area contributed by atoms with Gasteiger partial charge < -0.3 is 15.7 Å². The van der Waals surface area contributed by atoms with E-state index in [0.717, 1.165) is 16.5 Å². The first-order valence-corrected chi connectivity index (χ1v) is 7.80. The molecule has 1 aliphatic rings. The Morgan fingerprint density at radius 1 is 1.38 bits per heavy atom. The Kier molecular flexibility index (Phi) is 5.22. The van der Waals surface area contributed by atoms with Crippen LogP contribution in [0.2, 0.25) is 0 Å². The second-order valence-corrected chi connectivity index (χ2v) is 6.36. The van der Waals surface area contributed by atoms with E-state index in [0.29, 0.717) is 12.8 Å². The van der Waals surface area contributed by atoms with Crippen LogP contribution < -0.4 is 10.6 Å². The van der Waals surface area contributed by atoms with Gasteiger partial charge in [-0.2, -0.15) is 0 Å². The average molecular weight is 355 g/mol. The molecule has 3 unspecified atom stereocenters. The Balaban J connectivity index is 1.83. The van der Waals surface area contributed by atoms with E-state index in [9.17, 15) is 9.59 Å². The summed E-state index contributed by atoms with van der Waals surface area (Å²) in [5.41, 5.74) is 1.01. The fourth-order valence-electron chi connectivity index (χ4n) is 2.62. The van der Waals surface area contributed by atoms with Crippen LogP contribution in [0.3, 0.4) is 0 Å². The molecule has 3 N–H and O–H groups in total. The van der Waals surface area contributed by atoms with Gasteiger partial charge in [-0.25, -0.2) is 4.79 Å². The number of halogens is 1. The number of hydrogen-bond donors (Lipinski definition) is 3. The molecule has 1 fully saturated rings. The highest BCUT2D eigenvalue weighted by Crippen LogP contribution is 2.25. The van der Waals surface area contributed by atoms with Gasteiger partial charge in [-0.1, -0.05) is 28.1 Å². The molecule has 0 spiro atoms. The maximum atomic E-state index is 12.0. The molecule has 114 valence electrons. The standard InChI is InChI=1S/C15H19BrN2O3/c1-9(10-3-2-4-12(16)7-10)17-15(21)18-13-6-5-11(8-13)14(19)20/h2-4,7,9,11,13H,5-6,8H2,1H3,(H,19,20)(H2,17,18,21). The molecule has 6 heteroatoms. The highest BCUT2D eigenvalue weighted by Gasteiger charge is 2.30. The van der Waals surface area contributed by atoms with Gasteiger partial charge in [0.15, 0.2) is 0 Å². The average Bonchev–Trinajstić information content (AvgIpc) is 2.87. The van der Waals surface area contributed by atoms with Crippen LogP contribution in [-0.4, -0.2) is 23.1 Å². The predicted octanol–water partition coefficient (Wildman–Crippen LogP) is 3.06. The summed E-state index contributed by atoms with van der Waals surface area (Å²) >= 11 is 3.40. The van der Waals surface area contributed by atoms with Crippen molar-refractivity contribution in [3.63, 3.8) is 0 Å². The van der Waals surface area contributed by atoms with E-state index < -0.39 is 5.97 Å². The third kappa shape index (κ3) is 4.46. The van der Waals surface area contributed by atoms with Crippen molar-refractivity contribution in [1.82, 2.24) is 10.6 Å². The lowest BCUT2D eigenvalue weighted by atomic mass is 10.1. The third-order valence-corrected chi connectivity index (χ3v) is 4.31. The van der Waals surface area contributed by atoms with E-state index in [2.05, 4.69) is 26.6 Å². The van der Waals surface area contributed by atoms with Crippen molar-refractivity contribution in [1.29, 1.82) is 0 Å². The normalized spacial score (nSPS) is 22.6. The van der Waals surface area contributed by atoms with Gasteiger partial charge in [0.05, 0.1) is 12.0 Å². The zero-order valence-electron chi connectivity index (χ0n) is 11.8. The molecule has 5 nitrogen and oxygen atoms in total. The largest absolute Gasteiger partial charge is 0.481 e. The third-order valence-electron chi connectivity index (χ3n) is 3.81. The molecule has 1 aromatic rings. The second kappa shape index (κ2) is 6.93. The van der Waals surface area contributed by atoms with E-state index in [1.165, 1.54) is 0 Å². The quantitative estimate of drug-likeness (QED) is 0.777. The maximum absolute atomic E-state index is 12.0. The molecule has 0 aliphatic heterocycles. The number of nitrogens with one attached hydrogen (secondary N) is 2. The zero-order valence-corrected chi connectivity index (χ0v) is 13.4. The molecular weight excluding hydrogens is 336 g/mol. The predicted molar refractivity (Wildman–Crippen MR) is 83.0 cm³/mol. The molecule has 21 heavy (non-hydrogen) atoms. The summed E-state index contributed by atoms with van der Waals surface area (Å²) in [6.45, 7) is 1.91. The van der Waals surface area contributed by atoms with Gasteiger partial charge in [0.25, 0.3) is 0 Å². The van der Waals surface area contributed by atoms with Crippen LogP contribution in [0.15, 0.2) is 28.7 Å². The van der Waals surface area contributed by atoms with Crippen LogP contribution in [0.5, 0.6) is 0 Å². The monoisotopic (exact) mass is 354 g/mol. The highest BCUT2D eigenvalue weighted by molar-refractivity contribution is 9.10. The smallest absolute Gasteiger partial charge is 0.315 e.